The van der Waals surface area contributed by atoms with Gasteiger partial charge in [-0.15, -0.1) is 0 Å². The van der Waals surface area contributed by atoms with E-state index in [9.17, 15) is 25.9 Å². The maximum atomic E-state index is 11.5. The van der Waals surface area contributed by atoms with Gasteiger partial charge in [0.25, 0.3) is 0 Å². The summed E-state index contributed by atoms with van der Waals surface area (Å²) in [6.07, 6.45) is 0.781. The topological polar surface area (TPSA) is 114 Å². The summed E-state index contributed by atoms with van der Waals surface area (Å²) in [7, 11) is -8.99. The first-order valence-corrected chi connectivity index (χ1v) is 13.8. The van der Waals surface area contributed by atoms with Crippen molar-refractivity contribution in [2.45, 2.75) is 36.5 Å². The maximum absolute atomic E-state index is 11.5. The van der Waals surface area contributed by atoms with Crippen LogP contribution in [0.4, 0.5) is 0 Å². The van der Waals surface area contributed by atoms with Crippen molar-refractivity contribution in [2.24, 2.45) is 0 Å². The summed E-state index contributed by atoms with van der Waals surface area (Å²) < 4.78 is 68.8. The predicted molar refractivity (Wildman–Crippen MR) is 147 cm³/mol. The third-order valence-corrected chi connectivity index (χ3v) is 7.37. The molecule has 4 aromatic carbocycles. The second-order valence-corrected chi connectivity index (χ2v) is 11.4. The van der Waals surface area contributed by atoms with Gasteiger partial charge in [-0.2, -0.15) is 0 Å². The molecule has 0 heterocycles. The minimum absolute atomic E-state index is 0. The second-order valence-electron chi connectivity index (χ2n) is 8.73. The number of hydrogen-bond acceptors (Lipinski definition) is 6. The van der Waals surface area contributed by atoms with Crippen molar-refractivity contribution in [3.8, 4) is 0 Å². The Morgan fingerprint density at radius 2 is 0.946 bits per heavy atom. The third-order valence-electron chi connectivity index (χ3n) is 5.41. The van der Waals surface area contributed by atoms with Crippen LogP contribution in [0.15, 0.2) is 107 Å². The van der Waals surface area contributed by atoms with Gasteiger partial charge in [-0.25, -0.2) is 16.8 Å². The molecule has 188 valence electrons. The quantitative estimate of drug-likeness (QED) is 0.183. The van der Waals surface area contributed by atoms with Gasteiger partial charge in [0.2, 0.25) is 0 Å². The summed E-state index contributed by atoms with van der Waals surface area (Å²) in [6.45, 7) is 11.1. The van der Waals surface area contributed by atoms with Gasteiger partial charge in [0.05, 0.1) is 9.79 Å². The molecule has 4 rings (SSSR count). The average Bonchev–Trinajstić information content (AvgIpc) is 2.76. The van der Waals surface area contributed by atoms with E-state index in [-0.39, 0.29) is 32.8 Å². The number of rotatable bonds is 6. The molecule has 37 heavy (non-hydrogen) atoms. The van der Waals surface area contributed by atoms with E-state index >= 15 is 0 Å². The molecule has 0 fully saturated rings. The monoisotopic (exact) mass is 546 g/mol. The van der Waals surface area contributed by atoms with Gasteiger partial charge in [-0.05, 0) is 59.4 Å². The first-order valence-electron chi connectivity index (χ1n) is 11.0. The van der Waals surface area contributed by atoms with E-state index in [0.29, 0.717) is 34.7 Å². The van der Waals surface area contributed by atoms with Crippen LogP contribution in [-0.4, -0.2) is 49.0 Å². The third kappa shape index (κ3) is 7.73. The smallest absolute Gasteiger partial charge is 0.744 e. The summed E-state index contributed by atoms with van der Waals surface area (Å²) in [4.78, 5) is -0.243. The fourth-order valence-corrected chi connectivity index (χ4v) is 5.93. The Kier molecular flexibility index (Phi) is 10.2. The van der Waals surface area contributed by atoms with Crippen molar-refractivity contribution < 1.29 is 25.9 Å². The molecule has 0 saturated carbocycles. The predicted octanol–water partition coefficient (Wildman–Crippen LogP) is 5.34. The summed E-state index contributed by atoms with van der Waals surface area (Å²) in [6, 6.07) is 21.0. The molecule has 0 spiro atoms. The molecule has 6 nitrogen and oxygen atoms in total. The van der Waals surface area contributed by atoms with E-state index < -0.39 is 20.2 Å². The molecular weight excluding hydrogens is 521 g/mol. The van der Waals surface area contributed by atoms with E-state index in [1.54, 1.807) is 62.4 Å². The fourth-order valence-electron chi connectivity index (χ4n) is 4.10. The number of fused-ring (bicyclic) bond motifs is 2. The maximum Gasteiger partial charge on any atom is 2.00 e. The van der Waals surface area contributed by atoms with Crippen LogP contribution in [0.25, 0.3) is 21.5 Å². The Hall–Kier alpha value is -2.53. The zero-order chi connectivity index (χ0) is 26.7. The van der Waals surface area contributed by atoms with Crippen molar-refractivity contribution in [2.75, 3.05) is 0 Å². The Labute approximate surface area is 234 Å². The SMILES string of the molecule is C=C(C)Cc1ccc2ccccc2c1S(=O)(=O)[O-].C=C(C)Cc1ccc2ccccc2c1S(=O)(=O)[O-].[Mg+2]. The largest absolute Gasteiger partial charge is 2.00 e. The number of hydrogen-bond donors (Lipinski definition) is 0. The van der Waals surface area contributed by atoms with E-state index in [2.05, 4.69) is 13.2 Å². The Bertz CT molecular complexity index is 1560. The van der Waals surface area contributed by atoms with E-state index in [0.717, 1.165) is 21.9 Å². The first-order chi connectivity index (χ1) is 16.8. The van der Waals surface area contributed by atoms with Crippen molar-refractivity contribution in [3.63, 3.8) is 0 Å². The van der Waals surface area contributed by atoms with Crippen LogP contribution in [0.1, 0.15) is 25.0 Å². The zero-order valence-corrected chi connectivity index (χ0v) is 23.8. The number of benzene rings is 4. The van der Waals surface area contributed by atoms with Gasteiger partial charge < -0.3 is 9.11 Å². The van der Waals surface area contributed by atoms with Crippen LogP contribution in [-0.2, 0) is 33.1 Å². The normalized spacial score (nSPS) is 11.4. The van der Waals surface area contributed by atoms with Crippen LogP contribution in [0, 0.1) is 0 Å². The van der Waals surface area contributed by atoms with Gasteiger partial charge in [0, 0.05) is 0 Å². The average molecular weight is 547 g/mol. The Balaban J connectivity index is 0.000000253. The molecule has 0 amide bonds. The first kappa shape index (κ1) is 30.7. The molecule has 0 aromatic heterocycles. The molecule has 9 heteroatoms. The van der Waals surface area contributed by atoms with Crippen LogP contribution in [0.5, 0.6) is 0 Å². The summed E-state index contributed by atoms with van der Waals surface area (Å²) >= 11 is 0. The Morgan fingerprint density at radius 1 is 0.622 bits per heavy atom. The minimum atomic E-state index is -4.50. The standard InChI is InChI=1S/2C14H14O3S.Mg/c2*1-10(2)9-12-8-7-11-5-3-4-6-13(11)14(12)18(15,16)17;/h2*3-8H,1,9H2,2H3,(H,15,16,17);/q;;+2/p-2. The number of allylic oxidation sites excluding steroid dienone is 2. The fraction of sp³-hybridized carbons (Fsp3) is 0.143. The van der Waals surface area contributed by atoms with Gasteiger partial charge in [0.1, 0.15) is 20.2 Å². The minimum Gasteiger partial charge on any atom is -0.744 e. The molecule has 0 unspecified atom stereocenters. The zero-order valence-electron chi connectivity index (χ0n) is 20.7. The summed E-state index contributed by atoms with van der Waals surface area (Å²) in [5, 5.41) is 2.45. The second kappa shape index (κ2) is 12.3. The molecule has 0 N–H and O–H groups in total. The van der Waals surface area contributed by atoms with Crippen LogP contribution in [0.2, 0.25) is 0 Å². The summed E-state index contributed by atoms with van der Waals surface area (Å²) in [5.74, 6) is 0. The van der Waals surface area contributed by atoms with Crippen LogP contribution in [0.3, 0.4) is 0 Å². The van der Waals surface area contributed by atoms with Gasteiger partial charge in [0.15, 0.2) is 0 Å². The van der Waals surface area contributed by atoms with Crippen molar-refractivity contribution >= 4 is 64.8 Å². The molecular formula is C28H26MgO6S2. The molecule has 0 aliphatic heterocycles. The van der Waals surface area contributed by atoms with Gasteiger partial charge in [-0.1, -0.05) is 97.1 Å². The molecule has 0 aliphatic carbocycles. The van der Waals surface area contributed by atoms with E-state index in [1.165, 1.54) is 0 Å². The molecule has 0 bridgehead atoms. The van der Waals surface area contributed by atoms with Crippen LogP contribution < -0.4 is 0 Å². The molecule has 0 aliphatic rings. The van der Waals surface area contributed by atoms with Crippen molar-refractivity contribution in [1.82, 2.24) is 0 Å². The summed E-state index contributed by atoms with van der Waals surface area (Å²) in [5.41, 5.74) is 2.65. The van der Waals surface area contributed by atoms with Crippen LogP contribution >= 0.6 is 0 Å². The van der Waals surface area contributed by atoms with Gasteiger partial charge >= 0.3 is 23.1 Å². The molecule has 4 aromatic rings. The van der Waals surface area contributed by atoms with E-state index in [1.807, 2.05) is 24.3 Å². The van der Waals surface area contributed by atoms with Crippen molar-refractivity contribution in [1.29, 1.82) is 0 Å². The van der Waals surface area contributed by atoms with Gasteiger partial charge in [-0.3, -0.25) is 0 Å². The molecule has 0 atom stereocenters. The van der Waals surface area contributed by atoms with E-state index in [4.69, 9.17) is 0 Å². The molecule has 0 radical (unpaired) electrons. The van der Waals surface area contributed by atoms with Crippen molar-refractivity contribution in [3.05, 3.63) is 108 Å². The molecule has 0 saturated heterocycles. The Morgan fingerprint density at radius 3 is 1.24 bits per heavy atom.